The Morgan fingerprint density at radius 1 is 0.966 bits per heavy atom. The van der Waals surface area contributed by atoms with E-state index >= 15 is 0 Å². The zero-order chi connectivity index (χ0) is 20.4. The molecule has 1 fully saturated rings. The number of hydrogen-bond acceptors (Lipinski definition) is 5. The van der Waals surface area contributed by atoms with Gasteiger partial charge in [-0.05, 0) is 49.6 Å². The van der Waals surface area contributed by atoms with Crippen molar-refractivity contribution in [2.45, 2.75) is 27.3 Å². The van der Waals surface area contributed by atoms with Gasteiger partial charge in [0.05, 0.1) is 6.54 Å². The van der Waals surface area contributed by atoms with E-state index in [1.54, 1.807) is 0 Å². The fraction of sp³-hybridized carbons (Fsp3) is 0.348. The fourth-order valence-corrected chi connectivity index (χ4v) is 3.61. The van der Waals surface area contributed by atoms with Gasteiger partial charge in [0.15, 0.2) is 0 Å². The molecule has 150 valence electrons. The van der Waals surface area contributed by atoms with E-state index in [1.807, 2.05) is 61.2 Å². The molecule has 1 saturated heterocycles. The summed E-state index contributed by atoms with van der Waals surface area (Å²) >= 11 is 0. The van der Waals surface area contributed by atoms with Crippen molar-refractivity contribution in [2.75, 3.05) is 26.2 Å². The Balaban J connectivity index is 1.35. The highest BCUT2D eigenvalue weighted by Crippen LogP contribution is 2.20. The molecule has 6 heteroatoms. The molecule has 0 saturated carbocycles. The second-order valence-corrected chi connectivity index (χ2v) is 7.69. The third kappa shape index (κ3) is 4.22. The first-order valence-electron chi connectivity index (χ1n) is 9.99. The zero-order valence-electron chi connectivity index (χ0n) is 17.2. The third-order valence-corrected chi connectivity index (χ3v) is 5.63. The molecule has 0 N–H and O–H groups in total. The monoisotopic (exact) mass is 390 g/mol. The summed E-state index contributed by atoms with van der Waals surface area (Å²) in [6.45, 7) is 9.72. The molecule has 1 amide bonds. The van der Waals surface area contributed by atoms with Crippen molar-refractivity contribution in [2.24, 2.45) is 0 Å². The van der Waals surface area contributed by atoms with Gasteiger partial charge in [0.1, 0.15) is 0 Å². The maximum absolute atomic E-state index is 12.8. The molecule has 4 rings (SSSR count). The van der Waals surface area contributed by atoms with Crippen LogP contribution in [0.5, 0.6) is 0 Å². The van der Waals surface area contributed by atoms with Gasteiger partial charge in [-0.25, -0.2) is 0 Å². The van der Waals surface area contributed by atoms with Crippen LogP contribution in [0.25, 0.3) is 11.4 Å². The van der Waals surface area contributed by atoms with Gasteiger partial charge in [0, 0.05) is 37.3 Å². The minimum absolute atomic E-state index is 0.104. The topological polar surface area (TPSA) is 62.5 Å². The van der Waals surface area contributed by atoms with Gasteiger partial charge in [0.2, 0.25) is 11.7 Å². The number of carbonyl (C=O) groups excluding carboxylic acids is 1. The molecule has 1 aromatic heterocycles. The van der Waals surface area contributed by atoms with Gasteiger partial charge in [-0.1, -0.05) is 35.5 Å². The SMILES string of the molecule is Cc1ccc(C(=O)N2CCN(Cc3nc(-c4ccccc4C)no3)CC2)cc1C. The molecule has 0 spiro atoms. The van der Waals surface area contributed by atoms with Gasteiger partial charge >= 0.3 is 0 Å². The predicted molar refractivity (Wildman–Crippen MR) is 112 cm³/mol. The Morgan fingerprint density at radius 3 is 2.45 bits per heavy atom. The molecule has 29 heavy (non-hydrogen) atoms. The second kappa shape index (κ2) is 8.17. The van der Waals surface area contributed by atoms with Crippen LogP contribution in [-0.4, -0.2) is 52.0 Å². The van der Waals surface area contributed by atoms with Crippen LogP contribution >= 0.6 is 0 Å². The molecular formula is C23H26N4O2. The van der Waals surface area contributed by atoms with Crippen molar-refractivity contribution in [1.29, 1.82) is 0 Å². The van der Waals surface area contributed by atoms with E-state index in [0.29, 0.717) is 31.3 Å². The first-order chi connectivity index (χ1) is 14.0. The smallest absolute Gasteiger partial charge is 0.253 e. The molecule has 6 nitrogen and oxygen atoms in total. The Kier molecular flexibility index (Phi) is 5.45. The van der Waals surface area contributed by atoms with Gasteiger partial charge in [-0.15, -0.1) is 0 Å². The van der Waals surface area contributed by atoms with Crippen molar-refractivity contribution >= 4 is 5.91 Å². The van der Waals surface area contributed by atoms with Gasteiger partial charge in [0.25, 0.3) is 5.91 Å². The van der Waals surface area contributed by atoms with Crippen molar-refractivity contribution in [3.05, 3.63) is 70.6 Å². The number of hydrogen-bond donors (Lipinski definition) is 0. The van der Waals surface area contributed by atoms with Gasteiger partial charge < -0.3 is 9.42 Å². The number of carbonyl (C=O) groups is 1. The van der Waals surface area contributed by atoms with Crippen LogP contribution in [0, 0.1) is 20.8 Å². The van der Waals surface area contributed by atoms with Gasteiger partial charge in [-0.3, -0.25) is 9.69 Å². The summed E-state index contributed by atoms with van der Waals surface area (Å²) < 4.78 is 5.46. The van der Waals surface area contributed by atoms with Crippen molar-refractivity contribution < 1.29 is 9.32 Å². The van der Waals surface area contributed by atoms with Crippen LogP contribution in [0.15, 0.2) is 47.0 Å². The maximum Gasteiger partial charge on any atom is 0.253 e. The lowest BCUT2D eigenvalue weighted by atomic mass is 10.1. The molecule has 0 bridgehead atoms. The zero-order valence-corrected chi connectivity index (χ0v) is 17.2. The second-order valence-electron chi connectivity index (χ2n) is 7.69. The Bertz CT molecular complexity index is 1020. The minimum Gasteiger partial charge on any atom is -0.338 e. The number of piperazine rings is 1. The first kappa shape index (κ1) is 19.3. The summed E-state index contributed by atoms with van der Waals surface area (Å²) in [6, 6.07) is 13.9. The average molecular weight is 390 g/mol. The standard InChI is InChI=1S/C23H26N4O2/c1-16-8-9-19(14-18(16)3)23(28)27-12-10-26(11-13-27)15-21-24-22(25-29-21)20-7-5-4-6-17(20)2/h4-9,14H,10-13,15H2,1-3H3. The van der Waals surface area contributed by atoms with E-state index in [4.69, 9.17) is 4.52 Å². The van der Waals surface area contributed by atoms with Crippen molar-refractivity contribution in [1.82, 2.24) is 19.9 Å². The normalized spacial score (nSPS) is 14.9. The third-order valence-electron chi connectivity index (χ3n) is 5.63. The Labute approximate surface area is 171 Å². The average Bonchev–Trinajstić information content (AvgIpc) is 3.18. The van der Waals surface area contributed by atoms with Crippen LogP contribution in [0.2, 0.25) is 0 Å². The Hall–Kier alpha value is -2.99. The van der Waals surface area contributed by atoms with E-state index < -0.39 is 0 Å². The van der Waals surface area contributed by atoms with E-state index in [1.165, 1.54) is 5.56 Å². The van der Waals surface area contributed by atoms with Crippen molar-refractivity contribution in [3.63, 3.8) is 0 Å². The molecule has 0 atom stereocenters. The fourth-order valence-electron chi connectivity index (χ4n) is 3.61. The molecule has 1 aliphatic heterocycles. The Morgan fingerprint density at radius 2 is 1.72 bits per heavy atom. The predicted octanol–water partition coefficient (Wildman–Crippen LogP) is 3.62. The maximum atomic E-state index is 12.8. The molecule has 2 heterocycles. The highest BCUT2D eigenvalue weighted by molar-refractivity contribution is 5.94. The minimum atomic E-state index is 0.104. The molecule has 0 radical (unpaired) electrons. The quantitative estimate of drug-likeness (QED) is 0.681. The van der Waals surface area contributed by atoms with Crippen LogP contribution < -0.4 is 0 Å². The highest BCUT2D eigenvalue weighted by Gasteiger charge is 2.23. The number of nitrogens with zero attached hydrogens (tertiary/aromatic N) is 4. The number of benzene rings is 2. The number of rotatable bonds is 4. The molecule has 3 aromatic rings. The summed E-state index contributed by atoms with van der Waals surface area (Å²) in [7, 11) is 0. The number of aromatic nitrogens is 2. The summed E-state index contributed by atoms with van der Waals surface area (Å²) in [5.41, 5.74) is 5.23. The summed E-state index contributed by atoms with van der Waals surface area (Å²) in [6.07, 6.45) is 0. The molecular weight excluding hydrogens is 364 g/mol. The molecule has 0 aliphatic carbocycles. The van der Waals surface area contributed by atoms with Crippen LogP contribution in [0.1, 0.15) is 32.9 Å². The lowest BCUT2D eigenvalue weighted by Crippen LogP contribution is -2.48. The van der Waals surface area contributed by atoms with E-state index in [0.717, 1.165) is 35.3 Å². The van der Waals surface area contributed by atoms with Crippen LogP contribution in [0.4, 0.5) is 0 Å². The largest absolute Gasteiger partial charge is 0.338 e. The highest BCUT2D eigenvalue weighted by atomic mass is 16.5. The van der Waals surface area contributed by atoms with Crippen LogP contribution in [0.3, 0.4) is 0 Å². The number of aryl methyl sites for hydroxylation is 3. The molecule has 1 aliphatic rings. The summed E-state index contributed by atoms with van der Waals surface area (Å²) in [5, 5.41) is 4.13. The van der Waals surface area contributed by atoms with E-state index in [9.17, 15) is 4.79 Å². The van der Waals surface area contributed by atoms with Crippen molar-refractivity contribution in [3.8, 4) is 11.4 Å². The lowest BCUT2D eigenvalue weighted by Gasteiger charge is -2.34. The van der Waals surface area contributed by atoms with E-state index in [-0.39, 0.29) is 5.91 Å². The van der Waals surface area contributed by atoms with Crippen LogP contribution in [-0.2, 0) is 6.54 Å². The summed E-state index contributed by atoms with van der Waals surface area (Å²) in [4.78, 5) is 21.5. The first-order valence-corrected chi connectivity index (χ1v) is 9.99. The number of amides is 1. The molecule has 0 unspecified atom stereocenters. The summed E-state index contributed by atoms with van der Waals surface area (Å²) in [5.74, 6) is 1.34. The molecule has 2 aromatic carbocycles. The van der Waals surface area contributed by atoms with Gasteiger partial charge in [-0.2, -0.15) is 4.98 Å². The van der Waals surface area contributed by atoms with E-state index in [2.05, 4.69) is 22.0 Å². The lowest BCUT2D eigenvalue weighted by molar-refractivity contribution is 0.0615.